The Bertz CT molecular complexity index is 482. The molecular formula is C5H3F5N2O2S. The summed E-state index contributed by atoms with van der Waals surface area (Å²) in [5.74, 6) is -6.31. The minimum absolute atomic E-state index is 0.780. The maximum absolute atomic E-state index is 12.9. The molecule has 0 aliphatic heterocycles. The monoisotopic (exact) mass is 250 g/mol. The van der Waals surface area contributed by atoms with Gasteiger partial charge in [0.1, 0.15) is 0 Å². The molecule has 0 saturated carbocycles. The molecule has 1 aromatic heterocycles. The zero-order valence-corrected chi connectivity index (χ0v) is 7.59. The van der Waals surface area contributed by atoms with Crippen molar-refractivity contribution in [3.05, 3.63) is 23.3 Å². The number of rotatable bonds is 3. The van der Waals surface area contributed by atoms with Crippen molar-refractivity contribution in [3.63, 3.8) is 0 Å². The fourth-order valence-electron chi connectivity index (χ4n) is 0.922. The van der Waals surface area contributed by atoms with E-state index in [0.29, 0.717) is 0 Å². The van der Waals surface area contributed by atoms with Gasteiger partial charge in [0.05, 0.1) is 12.1 Å². The molecule has 0 atom stereocenters. The Morgan fingerprint density at radius 1 is 1.20 bits per heavy atom. The minimum Gasteiger partial charge on any atom is -0.201 e. The van der Waals surface area contributed by atoms with Gasteiger partial charge in [-0.05, 0) is 0 Å². The molecule has 0 fully saturated rings. The van der Waals surface area contributed by atoms with Gasteiger partial charge < -0.3 is 0 Å². The number of nitrogens with zero attached hydrogens (tertiary/aromatic N) is 1. The fraction of sp³-hybridized carbons (Fsp3) is 0.200. The van der Waals surface area contributed by atoms with Crippen molar-refractivity contribution in [1.82, 2.24) is 9.51 Å². The number of hydrogen-bond donors (Lipinski definition) is 1. The summed E-state index contributed by atoms with van der Waals surface area (Å²) in [6, 6.07) is 0. The van der Waals surface area contributed by atoms with E-state index in [1.807, 2.05) is 0 Å². The van der Waals surface area contributed by atoms with Crippen molar-refractivity contribution < 1.29 is 30.0 Å². The highest BCUT2D eigenvalue weighted by molar-refractivity contribution is 7.84. The lowest BCUT2D eigenvalue weighted by Crippen LogP contribution is -2.12. The minimum atomic E-state index is -5.81. The molecule has 10 heteroatoms. The Morgan fingerprint density at radius 2 is 1.73 bits per heavy atom. The maximum atomic E-state index is 12.9. The molecule has 1 N–H and O–H groups in total. The van der Waals surface area contributed by atoms with Crippen molar-refractivity contribution in [2.75, 3.05) is 0 Å². The number of aromatic nitrogens is 1. The molecule has 0 saturated heterocycles. The van der Waals surface area contributed by atoms with Crippen LogP contribution in [0.25, 0.3) is 0 Å². The molecule has 0 aliphatic carbocycles. The summed E-state index contributed by atoms with van der Waals surface area (Å²) in [6.45, 7) is -1.13. The first-order chi connectivity index (χ1) is 6.80. The van der Waals surface area contributed by atoms with Crippen LogP contribution in [0.1, 0.15) is 5.56 Å². The molecule has 15 heavy (non-hydrogen) atoms. The van der Waals surface area contributed by atoms with Crippen LogP contribution in [0.2, 0.25) is 0 Å². The molecule has 0 bridgehead atoms. The number of halogens is 5. The molecule has 4 nitrogen and oxygen atoms in total. The Hall–Kier alpha value is -1.16. The predicted molar refractivity (Wildman–Crippen MR) is 37.7 cm³/mol. The largest absolute Gasteiger partial charge is 0.407 e. The second-order valence-corrected chi connectivity index (χ2v) is 3.58. The fourth-order valence-corrected chi connectivity index (χ4v) is 1.50. The third-order valence-electron chi connectivity index (χ3n) is 1.51. The van der Waals surface area contributed by atoms with E-state index < -0.39 is 44.2 Å². The SMILES string of the molecule is O=S(=O)(F)n1c(F)c(F)c(CNF)c1F. The highest BCUT2D eigenvalue weighted by Gasteiger charge is 2.30. The first-order valence-corrected chi connectivity index (χ1v) is 4.67. The van der Waals surface area contributed by atoms with Crippen molar-refractivity contribution in [2.24, 2.45) is 0 Å². The van der Waals surface area contributed by atoms with Crippen LogP contribution >= 0.6 is 0 Å². The van der Waals surface area contributed by atoms with Gasteiger partial charge in [-0.25, -0.2) is 4.39 Å². The zero-order valence-electron chi connectivity index (χ0n) is 6.77. The molecule has 0 unspecified atom stereocenters. The van der Waals surface area contributed by atoms with Gasteiger partial charge in [-0.1, -0.05) is 3.89 Å². The summed E-state index contributed by atoms with van der Waals surface area (Å²) in [5.41, 5.74) is -0.473. The first kappa shape index (κ1) is 11.9. The van der Waals surface area contributed by atoms with Gasteiger partial charge in [-0.3, -0.25) is 0 Å². The lowest BCUT2D eigenvalue weighted by atomic mass is 10.3. The first-order valence-electron chi connectivity index (χ1n) is 3.33. The van der Waals surface area contributed by atoms with E-state index in [4.69, 9.17) is 0 Å². The third kappa shape index (κ3) is 1.95. The van der Waals surface area contributed by atoms with Crippen LogP contribution in [0.15, 0.2) is 0 Å². The molecule has 1 aromatic rings. The van der Waals surface area contributed by atoms with Crippen molar-refractivity contribution in [3.8, 4) is 0 Å². The second-order valence-electron chi connectivity index (χ2n) is 2.39. The topological polar surface area (TPSA) is 51.1 Å². The summed E-state index contributed by atoms with van der Waals surface area (Å²) in [5, 5.41) is 0. The van der Waals surface area contributed by atoms with Gasteiger partial charge in [-0.2, -0.15) is 26.7 Å². The quantitative estimate of drug-likeness (QED) is 0.493. The second kappa shape index (κ2) is 3.77. The number of hydrogen-bond acceptors (Lipinski definition) is 3. The lowest BCUT2D eigenvalue weighted by Gasteiger charge is -1.96. The molecule has 86 valence electrons. The average Bonchev–Trinajstić information content (AvgIpc) is 2.29. The van der Waals surface area contributed by atoms with E-state index in [0.717, 1.165) is 5.54 Å². The van der Waals surface area contributed by atoms with Gasteiger partial charge in [-0.15, -0.1) is 4.48 Å². The Kier molecular flexibility index (Phi) is 3.00. The maximum Gasteiger partial charge on any atom is 0.407 e. The van der Waals surface area contributed by atoms with Gasteiger partial charge in [0.25, 0.3) is 0 Å². The van der Waals surface area contributed by atoms with E-state index in [2.05, 4.69) is 0 Å². The van der Waals surface area contributed by atoms with Crippen molar-refractivity contribution in [2.45, 2.75) is 6.54 Å². The predicted octanol–water partition coefficient (Wildman–Crippen LogP) is 0.942. The van der Waals surface area contributed by atoms with Crippen LogP contribution in [0.5, 0.6) is 0 Å². The van der Waals surface area contributed by atoms with E-state index in [1.165, 1.54) is 0 Å². The summed E-state index contributed by atoms with van der Waals surface area (Å²) in [4.78, 5) is 0. The van der Waals surface area contributed by atoms with Crippen LogP contribution < -0.4 is 5.54 Å². The summed E-state index contributed by atoms with van der Waals surface area (Å²) in [6.07, 6.45) is 0. The summed E-state index contributed by atoms with van der Waals surface area (Å²) < 4.78 is 81.3. The molecule has 0 amide bonds. The highest BCUT2D eigenvalue weighted by Crippen LogP contribution is 2.21. The highest BCUT2D eigenvalue weighted by atomic mass is 32.3. The molecule has 1 heterocycles. The molecule has 0 aliphatic rings. The van der Waals surface area contributed by atoms with E-state index in [1.54, 1.807) is 0 Å². The Labute approximate surface area is 80.6 Å². The molecule has 1 rings (SSSR count). The molecule has 0 spiro atoms. The van der Waals surface area contributed by atoms with Crippen LogP contribution in [0.4, 0.5) is 21.5 Å². The summed E-state index contributed by atoms with van der Waals surface area (Å²) in [7, 11) is -5.81. The van der Waals surface area contributed by atoms with E-state index in [-0.39, 0.29) is 0 Å². The van der Waals surface area contributed by atoms with Gasteiger partial charge in [0.2, 0.25) is 11.9 Å². The van der Waals surface area contributed by atoms with E-state index >= 15 is 0 Å². The number of nitrogens with one attached hydrogen (secondary N) is 1. The van der Waals surface area contributed by atoms with E-state index in [9.17, 15) is 30.0 Å². The Morgan fingerprint density at radius 3 is 2.07 bits per heavy atom. The van der Waals surface area contributed by atoms with Gasteiger partial charge >= 0.3 is 10.4 Å². The van der Waals surface area contributed by atoms with Crippen LogP contribution in [0, 0.1) is 17.7 Å². The van der Waals surface area contributed by atoms with Crippen LogP contribution in [0.3, 0.4) is 0 Å². The zero-order chi connectivity index (χ0) is 11.8. The van der Waals surface area contributed by atoms with Crippen molar-refractivity contribution in [1.29, 1.82) is 0 Å². The smallest absolute Gasteiger partial charge is 0.201 e. The Balaban J connectivity index is 3.50. The van der Waals surface area contributed by atoms with Gasteiger partial charge in [0.15, 0.2) is 5.82 Å². The third-order valence-corrected chi connectivity index (χ3v) is 2.27. The lowest BCUT2D eigenvalue weighted by molar-refractivity contribution is 0.321. The normalized spacial score (nSPS) is 12.1. The summed E-state index contributed by atoms with van der Waals surface area (Å²) >= 11 is 0. The van der Waals surface area contributed by atoms with Crippen LogP contribution in [-0.4, -0.2) is 12.4 Å². The molecular weight excluding hydrogens is 247 g/mol. The average molecular weight is 250 g/mol. The molecule has 0 aromatic carbocycles. The van der Waals surface area contributed by atoms with Gasteiger partial charge in [0, 0.05) is 0 Å². The standard InChI is InChI=1S/C5H3F5N2O2S/c6-3-2(1-11-9)4(7)12(5(3)8)15(10,13)14/h11H,1H2. The van der Waals surface area contributed by atoms with Crippen LogP contribution in [-0.2, 0) is 17.0 Å². The molecule has 0 radical (unpaired) electrons. The van der Waals surface area contributed by atoms with Crippen molar-refractivity contribution >= 4 is 10.4 Å².